The molecule has 4 aliphatic rings. The van der Waals surface area contributed by atoms with Gasteiger partial charge < -0.3 is 19.0 Å². The number of fused-ring (bicyclic) bond motifs is 1. The number of rotatable bonds is 1. The lowest BCUT2D eigenvalue weighted by Crippen LogP contribution is -2.50. The lowest BCUT2D eigenvalue weighted by atomic mass is 9.53. The van der Waals surface area contributed by atoms with Crippen LogP contribution in [-0.2, 0) is 19.1 Å². The lowest BCUT2D eigenvalue weighted by Gasteiger charge is -2.47. The zero-order chi connectivity index (χ0) is 17.3. The number of esters is 2. The molecule has 1 saturated carbocycles. The van der Waals surface area contributed by atoms with E-state index in [9.17, 15) is 14.7 Å². The number of carbonyl (C=O) groups excluding carboxylic acids is 2. The van der Waals surface area contributed by atoms with Crippen LogP contribution in [0.5, 0.6) is 0 Å². The normalized spacial score (nSPS) is 42.6. The Bertz CT molecular complexity index is 778. The first-order valence-electron chi connectivity index (χ1n) is 8.86. The highest BCUT2D eigenvalue weighted by atomic mass is 16.6. The third kappa shape index (κ3) is 1.89. The summed E-state index contributed by atoms with van der Waals surface area (Å²) in [7, 11) is 0. The summed E-state index contributed by atoms with van der Waals surface area (Å²) < 4.78 is 16.4. The molecule has 6 nitrogen and oxygen atoms in total. The maximum atomic E-state index is 13.1. The minimum absolute atomic E-state index is 0.00750. The molecule has 6 unspecified atom stereocenters. The monoisotopic (exact) mass is 344 g/mol. The van der Waals surface area contributed by atoms with E-state index in [4.69, 9.17) is 13.9 Å². The van der Waals surface area contributed by atoms with Gasteiger partial charge in [0.2, 0.25) is 0 Å². The quantitative estimate of drug-likeness (QED) is 0.787. The summed E-state index contributed by atoms with van der Waals surface area (Å²) in [4.78, 5) is 25.3. The van der Waals surface area contributed by atoms with Gasteiger partial charge in [-0.1, -0.05) is 6.92 Å². The molecule has 1 spiro atoms. The van der Waals surface area contributed by atoms with Crippen LogP contribution in [0, 0.1) is 17.3 Å². The van der Waals surface area contributed by atoms with E-state index in [0.717, 1.165) is 11.1 Å². The van der Waals surface area contributed by atoms with Gasteiger partial charge in [-0.2, -0.15) is 0 Å². The average molecular weight is 344 g/mol. The maximum absolute atomic E-state index is 13.1. The first-order chi connectivity index (χ1) is 12.0. The number of aliphatic hydroxyl groups excluding tert-OH is 1. The summed E-state index contributed by atoms with van der Waals surface area (Å²) >= 11 is 0. The van der Waals surface area contributed by atoms with Crippen LogP contribution < -0.4 is 0 Å². The Balaban J connectivity index is 1.61. The van der Waals surface area contributed by atoms with E-state index in [2.05, 4.69) is 0 Å². The van der Waals surface area contributed by atoms with Crippen LogP contribution in [0.25, 0.3) is 0 Å². The molecule has 2 aliphatic heterocycles. The molecule has 2 fully saturated rings. The molecule has 1 saturated heterocycles. The average Bonchev–Trinajstić information content (AvgIpc) is 3.26. The second-order valence-corrected chi connectivity index (χ2v) is 7.81. The largest absolute Gasteiger partial charge is 0.472 e. The number of furan rings is 1. The van der Waals surface area contributed by atoms with Gasteiger partial charge in [0.05, 0.1) is 24.0 Å². The second kappa shape index (κ2) is 4.97. The zero-order valence-electron chi connectivity index (χ0n) is 13.9. The number of hydrogen-bond acceptors (Lipinski definition) is 6. The van der Waals surface area contributed by atoms with Gasteiger partial charge in [0.1, 0.15) is 12.2 Å². The van der Waals surface area contributed by atoms with Gasteiger partial charge in [0.25, 0.3) is 0 Å². The summed E-state index contributed by atoms with van der Waals surface area (Å²) in [6, 6.07) is 1.82. The molecule has 6 heteroatoms. The molecular formula is C19H20O6. The summed E-state index contributed by atoms with van der Waals surface area (Å²) in [6.45, 7) is 2.03. The van der Waals surface area contributed by atoms with E-state index in [-0.39, 0.29) is 36.0 Å². The van der Waals surface area contributed by atoms with E-state index in [0.29, 0.717) is 31.3 Å². The van der Waals surface area contributed by atoms with Crippen molar-refractivity contribution in [2.75, 3.05) is 0 Å². The van der Waals surface area contributed by atoms with Crippen molar-refractivity contribution in [3.8, 4) is 0 Å². The lowest BCUT2D eigenvalue weighted by molar-refractivity contribution is -0.157. The summed E-state index contributed by atoms with van der Waals surface area (Å²) in [5.74, 6) is -0.746. The van der Waals surface area contributed by atoms with Gasteiger partial charge >= 0.3 is 11.9 Å². The van der Waals surface area contributed by atoms with Gasteiger partial charge in [-0.15, -0.1) is 0 Å². The zero-order valence-corrected chi connectivity index (χ0v) is 13.9. The second-order valence-electron chi connectivity index (χ2n) is 7.81. The van der Waals surface area contributed by atoms with Gasteiger partial charge in [0.15, 0.2) is 0 Å². The topological polar surface area (TPSA) is 86.0 Å². The Morgan fingerprint density at radius 1 is 1.20 bits per heavy atom. The fourth-order valence-corrected chi connectivity index (χ4v) is 5.47. The fraction of sp³-hybridized carbons (Fsp3) is 0.579. The summed E-state index contributed by atoms with van der Waals surface area (Å²) in [6.07, 6.45) is 3.94. The smallest absolute Gasteiger partial charge is 0.334 e. The standard InChI is InChI=1S/C19H20O6/c1-9-4-14-16-12(17(21)24-14)5-11(20)6-13(16)19(9)7-15(25-18(19)22)10-2-3-23-8-10/h2-3,8-9,11,13-15,20H,4-7H2,1H3. The minimum atomic E-state index is -0.714. The fourth-order valence-electron chi connectivity index (χ4n) is 5.47. The van der Waals surface area contributed by atoms with Gasteiger partial charge in [-0.3, -0.25) is 4.79 Å². The van der Waals surface area contributed by atoms with E-state index in [1.54, 1.807) is 12.5 Å². The van der Waals surface area contributed by atoms with E-state index in [1.807, 2.05) is 13.0 Å². The Kier molecular flexibility index (Phi) is 3.02. The number of cyclic esters (lactones) is 1. The molecule has 0 radical (unpaired) electrons. The van der Waals surface area contributed by atoms with Crippen molar-refractivity contribution in [1.29, 1.82) is 0 Å². The number of aliphatic hydroxyl groups is 1. The first kappa shape index (κ1) is 15.2. The van der Waals surface area contributed by atoms with E-state index in [1.165, 1.54) is 0 Å². The molecule has 0 bridgehead atoms. The van der Waals surface area contributed by atoms with Crippen molar-refractivity contribution in [3.63, 3.8) is 0 Å². The molecule has 132 valence electrons. The highest BCUT2D eigenvalue weighted by molar-refractivity contribution is 5.94. The van der Waals surface area contributed by atoms with Crippen molar-refractivity contribution < 1.29 is 28.6 Å². The SMILES string of the molecule is CC1CC2OC(=O)C3=C2C(CC(O)C3)C12CC(c1ccoc1)OC2=O. The molecule has 2 aliphatic carbocycles. The molecule has 6 atom stereocenters. The van der Waals surface area contributed by atoms with Crippen LogP contribution in [0.3, 0.4) is 0 Å². The van der Waals surface area contributed by atoms with E-state index < -0.39 is 11.5 Å². The van der Waals surface area contributed by atoms with Crippen LogP contribution in [0.4, 0.5) is 0 Å². The van der Waals surface area contributed by atoms with Crippen molar-refractivity contribution in [3.05, 3.63) is 35.3 Å². The molecular weight excluding hydrogens is 324 g/mol. The predicted octanol–water partition coefficient (Wildman–Crippen LogP) is 2.29. The first-order valence-corrected chi connectivity index (χ1v) is 8.86. The van der Waals surface area contributed by atoms with Gasteiger partial charge in [-0.25, -0.2) is 4.79 Å². The number of carbonyl (C=O) groups is 2. The molecule has 3 heterocycles. The summed E-state index contributed by atoms with van der Waals surface area (Å²) in [5, 5.41) is 10.3. The number of ether oxygens (including phenoxy) is 2. The van der Waals surface area contributed by atoms with Gasteiger partial charge in [-0.05, 0) is 30.4 Å². The van der Waals surface area contributed by atoms with Crippen molar-refractivity contribution in [1.82, 2.24) is 0 Å². The Morgan fingerprint density at radius 3 is 2.80 bits per heavy atom. The van der Waals surface area contributed by atoms with Gasteiger partial charge in [0, 0.05) is 29.9 Å². The molecule has 0 amide bonds. The maximum Gasteiger partial charge on any atom is 0.334 e. The van der Waals surface area contributed by atoms with Crippen molar-refractivity contribution in [2.45, 2.75) is 50.9 Å². The third-order valence-electron chi connectivity index (χ3n) is 6.65. The van der Waals surface area contributed by atoms with Crippen LogP contribution in [0.15, 0.2) is 34.2 Å². The Morgan fingerprint density at radius 2 is 2.04 bits per heavy atom. The highest BCUT2D eigenvalue weighted by Crippen LogP contribution is 2.62. The number of hydrogen-bond donors (Lipinski definition) is 1. The van der Waals surface area contributed by atoms with Crippen LogP contribution >= 0.6 is 0 Å². The molecule has 1 N–H and O–H groups in total. The molecule has 5 rings (SSSR count). The van der Waals surface area contributed by atoms with Crippen LogP contribution in [0.2, 0.25) is 0 Å². The summed E-state index contributed by atoms with van der Waals surface area (Å²) in [5.41, 5.74) is 1.66. The van der Waals surface area contributed by atoms with E-state index >= 15 is 0 Å². The predicted molar refractivity (Wildman–Crippen MR) is 84.0 cm³/mol. The van der Waals surface area contributed by atoms with Crippen LogP contribution in [-0.4, -0.2) is 29.3 Å². The highest BCUT2D eigenvalue weighted by Gasteiger charge is 2.64. The molecule has 1 aromatic rings. The Labute approximate surface area is 144 Å². The molecule has 1 aromatic heterocycles. The van der Waals surface area contributed by atoms with Crippen molar-refractivity contribution in [2.24, 2.45) is 17.3 Å². The van der Waals surface area contributed by atoms with Crippen molar-refractivity contribution >= 4 is 11.9 Å². The Hall–Kier alpha value is -2.08. The third-order valence-corrected chi connectivity index (χ3v) is 6.65. The molecule has 25 heavy (non-hydrogen) atoms. The molecule has 0 aromatic carbocycles. The minimum Gasteiger partial charge on any atom is -0.472 e. The van der Waals surface area contributed by atoms with Crippen LogP contribution in [0.1, 0.15) is 44.3 Å².